The molecule has 0 aromatic carbocycles. The van der Waals surface area contributed by atoms with Gasteiger partial charge in [0.1, 0.15) is 0 Å². The lowest BCUT2D eigenvalue weighted by Gasteiger charge is -1.76. The minimum atomic E-state index is 1.11. The van der Waals surface area contributed by atoms with Gasteiger partial charge in [0.05, 0.1) is 0 Å². The molecule has 38 valence electrons. The Kier molecular flexibility index (Phi) is 1.42. The van der Waals surface area contributed by atoms with E-state index < -0.39 is 0 Å². The minimum absolute atomic E-state index is 1.11. The van der Waals surface area contributed by atoms with E-state index in [-0.39, 0.29) is 0 Å². The molecule has 0 saturated carbocycles. The monoisotopic (exact) mass is 113 g/mol. The number of aromatic nitrogens is 1. The first kappa shape index (κ1) is 4.78. The summed E-state index contributed by atoms with van der Waals surface area (Å²) < 4.78 is 3.93. The van der Waals surface area contributed by atoms with E-state index in [4.69, 9.17) is 0 Å². The van der Waals surface area contributed by atoms with E-state index in [1.54, 1.807) is 0 Å². The molecule has 1 heterocycles. The third-order valence-corrected chi connectivity index (χ3v) is 1.53. The number of hydrogen-bond acceptors (Lipinski definition) is 2. The van der Waals surface area contributed by atoms with Crippen molar-refractivity contribution in [2.45, 2.75) is 13.3 Å². The first-order valence-electron chi connectivity index (χ1n) is 2.31. The predicted octanol–water partition coefficient (Wildman–Crippen LogP) is 1.71. The summed E-state index contributed by atoms with van der Waals surface area (Å²) in [7, 11) is 0. The van der Waals surface area contributed by atoms with Gasteiger partial charge in [-0.3, -0.25) is 0 Å². The van der Waals surface area contributed by atoms with Crippen molar-refractivity contribution in [1.29, 1.82) is 0 Å². The Morgan fingerprint density at radius 1 is 1.86 bits per heavy atom. The normalized spacial score (nSPS) is 9.29. The van der Waals surface area contributed by atoms with E-state index in [1.807, 2.05) is 6.20 Å². The molecule has 0 aliphatic carbocycles. The van der Waals surface area contributed by atoms with Crippen molar-refractivity contribution in [3.8, 4) is 0 Å². The largest absolute Gasteiger partial charge is 0.201 e. The van der Waals surface area contributed by atoms with Gasteiger partial charge in [-0.1, -0.05) is 6.92 Å². The van der Waals surface area contributed by atoms with Crippen LogP contribution in [0.1, 0.15) is 12.5 Å². The fraction of sp³-hybridized carbons (Fsp3) is 0.400. The number of nitrogens with zero attached hydrogens (tertiary/aromatic N) is 1. The second-order valence-corrected chi connectivity index (χ2v) is 2.04. The fourth-order valence-corrected chi connectivity index (χ4v) is 1.02. The summed E-state index contributed by atoms with van der Waals surface area (Å²) in [5, 5.41) is 2.07. The molecular weight excluding hydrogens is 106 g/mol. The molecular formula is C5H7NS. The Morgan fingerprint density at radius 3 is 3.00 bits per heavy atom. The van der Waals surface area contributed by atoms with Gasteiger partial charge in [-0.05, 0) is 23.5 Å². The highest BCUT2D eigenvalue weighted by Crippen LogP contribution is 2.00. The lowest BCUT2D eigenvalue weighted by Crippen LogP contribution is -1.67. The fourth-order valence-electron chi connectivity index (χ4n) is 0.401. The average molecular weight is 113 g/mol. The summed E-state index contributed by atoms with van der Waals surface area (Å²) in [6.45, 7) is 2.13. The van der Waals surface area contributed by atoms with Crippen LogP contribution in [0.15, 0.2) is 11.6 Å². The van der Waals surface area contributed by atoms with Crippen LogP contribution in [0.5, 0.6) is 0 Å². The van der Waals surface area contributed by atoms with Crippen LogP contribution in [0.2, 0.25) is 0 Å². The quantitative estimate of drug-likeness (QED) is 0.540. The maximum absolute atomic E-state index is 3.93. The molecule has 0 spiro atoms. The molecule has 0 atom stereocenters. The smallest absolute Gasteiger partial charge is 0.0438 e. The summed E-state index contributed by atoms with van der Waals surface area (Å²) in [4.78, 5) is 0. The lowest BCUT2D eigenvalue weighted by atomic mass is 10.3. The van der Waals surface area contributed by atoms with Crippen LogP contribution in [-0.4, -0.2) is 4.37 Å². The van der Waals surface area contributed by atoms with Crippen LogP contribution in [0.25, 0.3) is 0 Å². The summed E-state index contributed by atoms with van der Waals surface area (Å²) in [5.41, 5.74) is 1.34. The van der Waals surface area contributed by atoms with Gasteiger partial charge in [0.15, 0.2) is 0 Å². The standard InChI is InChI=1S/C5H7NS/c1-2-5-3-6-7-4-5/h3-4H,2H2,1H3. The van der Waals surface area contributed by atoms with E-state index in [9.17, 15) is 0 Å². The summed E-state index contributed by atoms with van der Waals surface area (Å²) >= 11 is 1.51. The molecule has 0 N–H and O–H groups in total. The van der Waals surface area contributed by atoms with Crippen LogP contribution >= 0.6 is 11.5 Å². The molecule has 1 rings (SSSR count). The van der Waals surface area contributed by atoms with Gasteiger partial charge in [0, 0.05) is 11.6 Å². The van der Waals surface area contributed by atoms with Crippen LogP contribution in [-0.2, 0) is 6.42 Å². The number of rotatable bonds is 1. The van der Waals surface area contributed by atoms with Crippen LogP contribution in [0.3, 0.4) is 0 Å². The Balaban J connectivity index is 2.76. The molecule has 0 saturated heterocycles. The van der Waals surface area contributed by atoms with Crippen molar-refractivity contribution in [1.82, 2.24) is 4.37 Å². The van der Waals surface area contributed by atoms with Crippen LogP contribution < -0.4 is 0 Å². The van der Waals surface area contributed by atoms with Gasteiger partial charge in [-0.2, -0.15) is 0 Å². The van der Waals surface area contributed by atoms with Crippen molar-refractivity contribution in [2.75, 3.05) is 0 Å². The minimum Gasteiger partial charge on any atom is -0.201 e. The summed E-state index contributed by atoms with van der Waals surface area (Å²) in [6.07, 6.45) is 3.02. The Hall–Kier alpha value is -0.370. The topological polar surface area (TPSA) is 12.9 Å². The molecule has 0 aliphatic rings. The van der Waals surface area contributed by atoms with E-state index in [2.05, 4.69) is 16.7 Å². The van der Waals surface area contributed by atoms with Crippen LogP contribution in [0.4, 0.5) is 0 Å². The second kappa shape index (κ2) is 2.07. The van der Waals surface area contributed by atoms with Gasteiger partial charge in [-0.15, -0.1) is 0 Å². The second-order valence-electron chi connectivity index (χ2n) is 1.39. The molecule has 0 fully saturated rings. The zero-order chi connectivity index (χ0) is 5.11. The van der Waals surface area contributed by atoms with Gasteiger partial charge < -0.3 is 0 Å². The number of hydrogen-bond donors (Lipinski definition) is 0. The number of aryl methyl sites for hydroxylation is 1. The zero-order valence-electron chi connectivity index (χ0n) is 4.22. The predicted molar refractivity (Wildman–Crippen MR) is 31.5 cm³/mol. The van der Waals surface area contributed by atoms with Crippen molar-refractivity contribution in [3.05, 3.63) is 17.1 Å². The SMILES string of the molecule is CCc1cnsc1. The molecule has 1 aromatic heterocycles. The van der Waals surface area contributed by atoms with Gasteiger partial charge in [-0.25, -0.2) is 4.37 Å². The lowest BCUT2D eigenvalue weighted by molar-refractivity contribution is 1.14. The van der Waals surface area contributed by atoms with Crippen molar-refractivity contribution >= 4 is 11.5 Å². The van der Waals surface area contributed by atoms with Crippen molar-refractivity contribution < 1.29 is 0 Å². The molecule has 0 aliphatic heterocycles. The Bertz CT molecular complexity index is 123. The maximum atomic E-state index is 3.93. The first-order valence-corrected chi connectivity index (χ1v) is 3.15. The van der Waals surface area contributed by atoms with Gasteiger partial charge in [0.2, 0.25) is 0 Å². The summed E-state index contributed by atoms with van der Waals surface area (Å²) in [5.74, 6) is 0. The molecule has 7 heavy (non-hydrogen) atoms. The highest BCUT2D eigenvalue weighted by atomic mass is 32.1. The van der Waals surface area contributed by atoms with E-state index in [1.165, 1.54) is 17.1 Å². The van der Waals surface area contributed by atoms with Gasteiger partial charge in [0.25, 0.3) is 0 Å². The highest BCUT2D eigenvalue weighted by molar-refractivity contribution is 7.03. The molecule has 2 heteroatoms. The van der Waals surface area contributed by atoms with Crippen molar-refractivity contribution in [3.63, 3.8) is 0 Å². The Morgan fingerprint density at radius 2 is 2.71 bits per heavy atom. The molecule has 0 radical (unpaired) electrons. The molecule has 0 amide bonds. The highest BCUT2D eigenvalue weighted by Gasteiger charge is 1.83. The summed E-state index contributed by atoms with van der Waals surface area (Å²) in [6, 6.07) is 0. The van der Waals surface area contributed by atoms with Crippen LogP contribution in [0, 0.1) is 0 Å². The molecule has 0 unspecified atom stereocenters. The molecule has 1 aromatic rings. The molecule has 0 bridgehead atoms. The first-order chi connectivity index (χ1) is 3.43. The Labute approximate surface area is 47.2 Å². The molecule has 1 nitrogen and oxygen atoms in total. The third-order valence-electron chi connectivity index (χ3n) is 0.892. The zero-order valence-corrected chi connectivity index (χ0v) is 5.03. The van der Waals surface area contributed by atoms with E-state index in [0.29, 0.717) is 0 Å². The average Bonchev–Trinajstić information content (AvgIpc) is 2.14. The van der Waals surface area contributed by atoms with E-state index >= 15 is 0 Å². The van der Waals surface area contributed by atoms with Crippen molar-refractivity contribution in [2.24, 2.45) is 0 Å². The van der Waals surface area contributed by atoms with E-state index in [0.717, 1.165) is 6.42 Å². The third kappa shape index (κ3) is 0.996. The van der Waals surface area contributed by atoms with Gasteiger partial charge >= 0.3 is 0 Å². The maximum Gasteiger partial charge on any atom is 0.0438 e.